The Balaban J connectivity index is 1.27. The second-order valence-electron chi connectivity index (χ2n) is 9.14. The maximum atomic E-state index is 14.2. The van der Waals surface area contributed by atoms with Gasteiger partial charge in [0.25, 0.3) is 0 Å². The molecule has 194 valence electrons. The van der Waals surface area contributed by atoms with Gasteiger partial charge in [-0.1, -0.05) is 108 Å². The molecule has 6 rings (SSSR count). The Morgan fingerprint density at radius 1 is 0.350 bits per heavy atom. The summed E-state index contributed by atoms with van der Waals surface area (Å²) in [4.78, 5) is 6.39. The van der Waals surface area contributed by atoms with E-state index in [0.29, 0.717) is 0 Å². The van der Waals surface area contributed by atoms with E-state index in [1.54, 1.807) is 23.5 Å². The van der Waals surface area contributed by atoms with Crippen LogP contribution in [-0.4, -0.2) is 4.55 Å². The van der Waals surface area contributed by atoms with Gasteiger partial charge in [-0.05, 0) is 83.9 Å². The average Bonchev–Trinajstić information content (AvgIpc) is 3.03. The molecule has 1 nitrogen and oxygen atoms in total. The predicted molar refractivity (Wildman–Crippen MR) is 170 cm³/mol. The van der Waals surface area contributed by atoms with Gasteiger partial charge in [0, 0.05) is 41.9 Å². The van der Waals surface area contributed by atoms with Crippen LogP contribution in [0.4, 0.5) is 0 Å². The smallest absolute Gasteiger partial charge is 0.166 e. The maximum absolute atomic E-state index is 14.2. The SMILES string of the molecule is [O-][S+](c1ccccc1-c1ccc(Sc2ccccc2)cc1)c1ccccc1-c1ccc(Sc2ccccc2)cc1. The van der Waals surface area contributed by atoms with Crippen LogP contribution >= 0.6 is 23.5 Å². The van der Waals surface area contributed by atoms with Crippen LogP contribution < -0.4 is 0 Å². The predicted octanol–water partition coefficient (Wildman–Crippen LogP) is 10.5. The largest absolute Gasteiger partial charge is 0.606 e. The van der Waals surface area contributed by atoms with Gasteiger partial charge in [0.1, 0.15) is 0 Å². The van der Waals surface area contributed by atoms with E-state index in [0.717, 1.165) is 32.0 Å². The second kappa shape index (κ2) is 12.7. The van der Waals surface area contributed by atoms with Gasteiger partial charge in [0.05, 0.1) is 0 Å². The minimum Gasteiger partial charge on any atom is -0.606 e. The van der Waals surface area contributed by atoms with E-state index < -0.39 is 11.2 Å². The van der Waals surface area contributed by atoms with E-state index in [-0.39, 0.29) is 0 Å². The average molecular weight is 571 g/mol. The molecular weight excluding hydrogens is 545 g/mol. The lowest BCUT2D eigenvalue weighted by atomic mass is 10.1. The van der Waals surface area contributed by atoms with Crippen LogP contribution in [0.25, 0.3) is 22.3 Å². The molecule has 0 heterocycles. The topological polar surface area (TPSA) is 23.1 Å². The van der Waals surface area contributed by atoms with Crippen molar-refractivity contribution in [3.63, 3.8) is 0 Å². The van der Waals surface area contributed by atoms with Crippen LogP contribution in [0, 0.1) is 0 Å². The fourth-order valence-electron chi connectivity index (χ4n) is 4.51. The highest BCUT2D eigenvalue weighted by molar-refractivity contribution is 7.99. The zero-order valence-corrected chi connectivity index (χ0v) is 24.1. The molecule has 0 unspecified atom stereocenters. The van der Waals surface area contributed by atoms with Crippen LogP contribution in [0.1, 0.15) is 0 Å². The van der Waals surface area contributed by atoms with Crippen molar-refractivity contribution in [2.24, 2.45) is 0 Å². The first-order valence-corrected chi connectivity index (χ1v) is 15.8. The molecule has 0 fully saturated rings. The highest BCUT2D eigenvalue weighted by atomic mass is 32.2. The zero-order chi connectivity index (χ0) is 27.1. The summed E-state index contributed by atoms with van der Waals surface area (Å²) < 4.78 is 14.2. The van der Waals surface area contributed by atoms with Gasteiger partial charge in [-0.15, -0.1) is 0 Å². The van der Waals surface area contributed by atoms with Gasteiger partial charge >= 0.3 is 0 Å². The van der Waals surface area contributed by atoms with Crippen molar-refractivity contribution >= 4 is 34.7 Å². The molecule has 0 aromatic heterocycles. The third kappa shape index (κ3) is 6.22. The number of hydrogen-bond acceptors (Lipinski definition) is 3. The highest BCUT2D eigenvalue weighted by Gasteiger charge is 2.23. The molecular formula is C36H26OS3. The van der Waals surface area contributed by atoms with Crippen molar-refractivity contribution in [3.05, 3.63) is 158 Å². The van der Waals surface area contributed by atoms with E-state index in [4.69, 9.17) is 0 Å². The molecule has 0 radical (unpaired) electrons. The molecule has 40 heavy (non-hydrogen) atoms. The fourth-order valence-corrected chi connectivity index (χ4v) is 7.59. The molecule has 6 aromatic rings. The van der Waals surface area contributed by atoms with Crippen molar-refractivity contribution < 1.29 is 4.55 Å². The molecule has 0 spiro atoms. The van der Waals surface area contributed by atoms with Crippen LogP contribution in [-0.2, 0) is 11.2 Å². The molecule has 6 aromatic carbocycles. The first-order valence-electron chi connectivity index (χ1n) is 13.0. The summed E-state index contributed by atoms with van der Waals surface area (Å²) in [6.45, 7) is 0. The summed E-state index contributed by atoms with van der Waals surface area (Å²) in [5, 5.41) is 0. The van der Waals surface area contributed by atoms with Crippen molar-refractivity contribution in [1.82, 2.24) is 0 Å². The lowest BCUT2D eigenvalue weighted by Gasteiger charge is -2.17. The van der Waals surface area contributed by atoms with Gasteiger partial charge in [0.15, 0.2) is 9.79 Å². The Labute approximate surface area is 247 Å². The summed E-state index contributed by atoms with van der Waals surface area (Å²) in [6.07, 6.45) is 0. The van der Waals surface area contributed by atoms with Crippen molar-refractivity contribution in [3.8, 4) is 22.3 Å². The summed E-state index contributed by atoms with van der Waals surface area (Å²) >= 11 is 2.12. The van der Waals surface area contributed by atoms with E-state index in [1.165, 1.54) is 19.6 Å². The normalized spacial score (nSPS) is 11.1. The molecule has 0 amide bonds. The number of benzene rings is 6. The van der Waals surface area contributed by atoms with E-state index in [9.17, 15) is 4.55 Å². The number of hydrogen-bond donors (Lipinski definition) is 0. The lowest BCUT2D eigenvalue weighted by molar-refractivity contribution is 0.595. The Kier molecular flexibility index (Phi) is 8.41. The van der Waals surface area contributed by atoms with E-state index in [1.807, 2.05) is 48.5 Å². The molecule has 0 aliphatic carbocycles. The van der Waals surface area contributed by atoms with Crippen LogP contribution in [0.15, 0.2) is 187 Å². The second-order valence-corrected chi connectivity index (χ2v) is 12.9. The van der Waals surface area contributed by atoms with Crippen molar-refractivity contribution in [2.75, 3.05) is 0 Å². The van der Waals surface area contributed by atoms with Crippen LogP contribution in [0.2, 0.25) is 0 Å². The summed E-state index contributed by atoms with van der Waals surface area (Å²) in [5.74, 6) is 0. The molecule has 0 saturated heterocycles. The molecule has 4 heteroatoms. The standard InChI is InChI=1S/C36H26OS3/c37-40(35-17-9-7-15-33(35)27-19-23-31(24-20-27)38-29-11-3-1-4-12-29)36-18-10-8-16-34(36)28-21-25-32(26-22-28)39-30-13-5-2-6-14-30/h1-26H. The molecule has 0 aliphatic heterocycles. The van der Waals surface area contributed by atoms with Gasteiger partial charge in [-0.25, -0.2) is 0 Å². The minimum atomic E-state index is -1.35. The van der Waals surface area contributed by atoms with Crippen molar-refractivity contribution in [2.45, 2.75) is 29.4 Å². The Bertz CT molecular complexity index is 1550. The molecule has 0 atom stereocenters. The molecule has 0 saturated carbocycles. The first-order chi connectivity index (χ1) is 19.7. The third-order valence-corrected chi connectivity index (χ3v) is 10.0. The quantitative estimate of drug-likeness (QED) is 0.170. The van der Waals surface area contributed by atoms with E-state index >= 15 is 0 Å². The minimum absolute atomic E-state index is 0.815. The third-order valence-electron chi connectivity index (χ3n) is 6.46. The summed E-state index contributed by atoms with van der Waals surface area (Å²) in [6, 6.07) is 53.8. The van der Waals surface area contributed by atoms with Gasteiger partial charge < -0.3 is 4.55 Å². The lowest BCUT2D eigenvalue weighted by Crippen LogP contribution is -2.06. The van der Waals surface area contributed by atoms with Crippen molar-refractivity contribution in [1.29, 1.82) is 0 Å². The van der Waals surface area contributed by atoms with Gasteiger partial charge in [0.2, 0.25) is 0 Å². The Morgan fingerprint density at radius 3 is 1.07 bits per heavy atom. The molecule has 0 aliphatic rings. The Morgan fingerprint density at radius 2 is 0.675 bits per heavy atom. The maximum Gasteiger partial charge on any atom is 0.166 e. The van der Waals surface area contributed by atoms with Crippen LogP contribution in [0.5, 0.6) is 0 Å². The zero-order valence-electron chi connectivity index (χ0n) is 21.6. The summed E-state index contributed by atoms with van der Waals surface area (Å²) in [5.41, 5.74) is 4.09. The first kappa shape index (κ1) is 26.5. The van der Waals surface area contributed by atoms with Crippen LogP contribution in [0.3, 0.4) is 0 Å². The fraction of sp³-hybridized carbons (Fsp3) is 0. The van der Waals surface area contributed by atoms with Gasteiger partial charge in [-0.2, -0.15) is 0 Å². The van der Waals surface area contributed by atoms with E-state index in [2.05, 4.69) is 109 Å². The molecule has 0 bridgehead atoms. The highest BCUT2D eigenvalue weighted by Crippen LogP contribution is 2.38. The summed E-state index contributed by atoms with van der Waals surface area (Å²) in [7, 11) is 0. The number of rotatable bonds is 8. The van der Waals surface area contributed by atoms with Gasteiger partial charge in [-0.3, -0.25) is 0 Å². The monoisotopic (exact) mass is 570 g/mol. The molecule has 0 N–H and O–H groups in total. The Hall–Kier alpha value is -3.67.